The monoisotopic (exact) mass is 697 g/mol. The third-order valence-electron chi connectivity index (χ3n) is 14.2. The summed E-state index contributed by atoms with van der Waals surface area (Å²) in [6, 6.07) is 0. The van der Waals surface area contributed by atoms with Gasteiger partial charge in [-0.1, -0.05) is 83.5 Å². The van der Waals surface area contributed by atoms with E-state index in [9.17, 15) is 19.8 Å². The maximum atomic E-state index is 14.7. The molecule has 0 radical (unpaired) electrons. The van der Waals surface area contributed by atoms with Crippen molar-refractivity contribution in [2.24, 2.45) is 64.9 Å². The fourth-order valence-corrected chi connectivity index (χ4v) is 11.6. The number of unbranched alkanes of at least 4 members (excludes halogenated alkanes) is 3. The summed E-state index contributed by atoms with van der Waals surface area (Å²) in [5.41, 5.74) is 6.45. The van der Waals surface area contributed by atoms with Crippen molar-refractivity contribution < 1.29 is 29.9 Å². The number of carbonyl (C=O) groups is 2. The number of hydrogen-bond donors (Lipinski definition) is 3. The zero-order valence-electron chi connectivity index (χ0n) is 31.9. The molecule has 284 valence electrons. The van der Waals surface area contributed by atoms with Gasteiger partial charge in [-0.3, -0.25) is 5.73 Å². The molecule has 0 aromatic rings. The Bertz CT molecular complexity index is 1130. The highest BCUT2D eigenvalue weighted by Crippen LogP contribution is 2.49. The summed E-state index contributed by atoms with van der Waals surface area (Å²) in [5, 5.41) is 27.6. The molecule has 7 nitrogen and oxygen atoms in total. The lowest BCUT2D eigenvalue weighted by Crippen LogP contribution is -2.94. The Kier molecular flexibility index (Phi) is 15.7. The lowest BCUT2D eigenvalue weighted by Gasteiger charge is -2.44. The van der Waals surface area contributed by atoms with Crippen LogP contribution in [0.1, 0.15) is 149 Å². The molecule has 0 amide bonds. The van der Waals surface area contributed by atoms with E-state index >= 15 is 0 Å². The number of hydrogen-bond acceptors (Lipinski definition) is 6. The number of ether oxygens (including phenoxy) is 1. The lowest BCUT2D eigenvalue weighted by molar-refractivity contribution is -0.699. The zero-order chi connectivity index (χ0) is 35.6. The molecule has 0 spiro atoms. The van der Waals surface area contributed by atoms with Gasteiger partial charge in [0.25, 0.3) is 0 Å². The maximum absolute atomic E-state index is 14.7. The molecule has 5 aliphatic rings. The second-order valence-corrected chi connectivity index (χ2v) is 17.6. The lowest BCUT2D eigenvalue weighted by atomic mass is 9.63. The van der Waals surface area contributed by atoms with Crippen LogP contribution in [0, 0.1) is 71.0 Å². The molecule has 1 heterocycles. The van der Waals surface area contributed by atoms with Gasteiger partial charge in [-0.2, -0.15) is 0 Å². The quantitative estimate of drug-likeness (QED) is 0.148. The van der Waals surface area contributed by atoms with E-state index in [4.69, 9.17) is 10.5 Å². The number of piperidine rings is 1. The highest BCUT2D eigenvalue weighted by molar-refractivity contribution is 6.05. The Morgan fingerprint density at radius 2 is 1.66 bits per heavy atom. The minimum atomic E-state index is -1.83. The number of aliphatic hydroxyl groups excluding tert-OH is 1. The van der Waals surface area contributed by atoms with E-state index in [2.05, 4.69) is 31.0 Å². The molecule has 13 atom stereocenters. The third-order valence-corrected chi connectivity index (χ3v) is 14.2. The topological polar surface area (TPSA) is 129 Å². The summed E-state index contributed by atoms with van der Waals surface area (Å²) in [6.07, 6.45) is 18.3. The number of rotatable bonds is 11. The van der Waals surface area contributed by atoms with E-state index in [-0.39, 0.29) is 54.1 Å². The molecule has 0 bridgehead atoms. The van der Waals surface area contributed by atoms with Crippen molar-refractivity contribution in [3.63, 3.8) is 0 Å². The van der Waals surface area contributed by atoms with Gasteiger partial charge in [0.2, 0.25) is 0 Å². The van der Waals surface area contributed by atoms with Crippen LogP contribution in [0.5, 0.6) is 0 Å². The second kappa shape index (κ2) is 19.7. The Morgan fingerprint density at radius 1 is 0.880 bits per heavy atom. The van der Waals surface area contributed by atoms with Crippen LogP contribution in [-0.2, 0) is 14.3 Å². The van der Waals surface area contributed by atoms with Crippen molar-refractivity contribution in [3.8, 4) is 11.8 Å². The van der Waals surface area contributed by atoms with Crippen molar-refractivity contribution in [1.82, 2.24) is 0 Å². The first-order valence-corrected chi connectivity index (χ1v) is 21.3. The molecular weight excluding hydrogens is 624 g/mol. The number of methoxy groups -OCH3 is 1. The molecule has 1 aliphatic heterocycles. The van der Waals surface area contributed by atoms with Gasteiger partial charge >= 0.3 is 0 Å². The maximum Gasteiger partial charge on any atom is 0.137 e. The van der Waals surface area contributed by atoms with Crippen molar-refractivity contribution in [2.75, 3.05) is 13.7 Å². The molecule has 5 rings (SSSR count). The van der Waals surface area contributed by atoms with Crippen molar-refractivity contribution >= 4 is 11.6 Å². The van der Waals surface area contributed by atoms with Crippen LogP contribution in [0.4, 0.5) is 0 Å². The first-order chi connectivity index (χ1) is 24.2. The van der Waals surface area contributed by atoms with Crippen molar-refractivity contribution in [2.45, 2.75) is 173 Å². The van der Waals surface area contributed by atoms with E-state index < -0.39 is 23.9 Å². The Balaban J connectivity index is 1.59. The number of carbonyl (C=O) groups excluding carboxylic acids is 2. The van der Waals surface area contributed by atoms with E-state index in [1.807, 2.05) is 0 Å². The van der Waals surface area contributed by atoms with E-state index in [0.29, 0.717) is 42.9 Å². The summed E-state index contributed by atoms with van der Waals surface area (Å²) in [6.45, 7) is 5.54. The van der Waals surface area contributed by atoms with Gasteiger partial charge in [0, 0.05) is 37.7 Å². The van der Waals surface area contributed by atoms with Crippen LogP contribution in [-0.4, -0.2) is 54.8 Å². The Labute approximate surface area is 304 Å². The molecule has 5 N–H and O–H groups in total. The summed E-state index contributed by atoms with van der Waals surface area (Å²) in [7, 11) is 1.66. The fraction of sp³-hybridized carbons (Fsp3) is 0.907. The van der Waals surface area contributed by atoms with Gasteiger partial charge in [0.1, 0.15) is 17.7 Å². The normalized spacial score (nSPS) is 40.7. The number of nitrogens with two attached hydrogens (primary N) is 2. The Morgan fingerprint density at radius 3 is 2.38 bits per heavy atom. The van der Waals surface area contributed by atoms with Crippen molar-refractivity contribution in [3.05, 3.63) is 0 Å². The Hall–Kier alpha value is -1.30. The first kappa shape index (κ1) is 39.9. The molecule has 1 saturated heterocycles. The van der Waals surface area contributed by atoms with Crippen LogP contribution in [0.3, 0.4) is 0 Å². The van der Waals surface area contributed by atoms with Gasteiger partial charge in [-0.15, -0.1) is 0 Å². The van der Waals surface area contributed by atoms with Crippen LogP contribution < -0.4 is 16.2 Å². The number of Topliss-reactive ketones (excluding diaryl/α,β-unsaturated/α-hetero) is 2. The van der Waals surface area contributed by atoms with Gasteiger partial charge in [0.15, 0.2) is 0 Å². The summed E-state index contributed by atoms with van der Waals surface area (Å²) in [4.78, 5) is 28.5. The largest absolute Gasteiger partial charge is 0.841 e. The first-order valence-electron chi connectivity index (χ1n) is 21.3. The molecular formula is C43H72N2O5. The van der Waals surface area contributed by atoms with Gasteiger partial charge < -0.3 is 29.9 Å². The molecule has 4 fully saturated rings. The smallest absolute Gasteiger partial charge is 0.137 e. The average Bonchev–Trinajstić information content (AvgIpc) is 3.25. The molecule has 50 heavy (non-hydrogen) atoms. The fourth-order valence-electron chi connectivity index (χ4n) is 11.6. The number of quaternary nitrogens is 1. The highest BCUT2D eigenvalue weighted by Gasteiger charge is 2.46. The van der Waals surface area contributed by atoms with Crippen LogP contribution in [0.25, 0.3) is 0 Å². The van der Waals surface area contributed by atoms with E-state index in [1.54, 1.807) is 7.11 Å². The molecule has 0 aromatic heterocycles. The van der Waals surface area contributed by atoms with Crippen molar-refractivity contribution in [1.29, 1.82) is 0 Å². The van der Waals surface area contributed by atoms with Gasteiger partial charge in [-0.05, 0) is 112 Å². The highest BCUT2D eigenvalue weighted by atomic mass is 16.5. The molecule has 4 aliphatic carbocycles. The number of ketones is 2. The van der Waals surface area contributed by atoms with Crippen LogP contribution >= 0.6 is 0 Å². The molecule has 3 saturated carbocycles. The average molecular weight is 697 g/mol. The molecule has 7 heteroatoms. The minimum absolute atomic E-state index is 0.0962. The summed E-state index contributed by atoms with van der Waals surface area (Å²) < 4.78 is 5.73. The minimum Gasteiger partial charge on any atom is -0.841 e. The van der Waals surface area contributed by atoms with Crippen LogP contribution in [0.2, 0.25) is 0 Å². The van der Waals surface area contributed by atoms with E-state index in [0.717, 1.165) is 90.0 Å². The predicted molar refractivity (Wildman–Crippen MR) is 196 cm³/mol. The number of aliphatic hydroxyl groups is 1. The molecule has 13 unspecified atom stereocenters. The SMILES string of the molecule is CCCCCC1C(CCCC)CC(CC2CC[NH2+]C(N)C2)CC2C#CC(C3CCCCC3)C3CC(O)C(OC)CC3CCC(=O)C([O-])C(=O)C21. The zero-order valence-corrected chi connectivity index (χ0v) is 31.9. The van der Waals surface area contributed by atoms with Gasteiger partial charge in [-0.25, -0.2) is 0 Å². The second-order valence-electron chi connectivity index (χ2n) is 17.6. The third kappa shape index (κ3) is 10.2. The van der Waals surface area contributed by atoms with Gasteiger partial charge in [0.05, 0.1) is 18.8 Å². The summed E-state index contributed by atoms with van der Waals surface area (Å²) >= 11 is 0. The molecule has 0 aromatic carbocycles. The summed E-state index contributed by atoms with van der Waals surface area (Å²) in [5.74, 6) is 8.74. The van der Waals surface area contributed by atoms with E-state index in [1.165, 1.54) is 25.7 Å². The standard InChI is InChI=1S/C43H71N2O5/c1-4-6-9-15-35-31(12-7-5-2)23-29(22-28-20-21-45-40(44)25-28)24-33-16-18-34(30-13-10-8-11-14-30)36-27-38(47)39(50-3)26-32(36)17-19-37(46)42(48)43(49)41(33)35/h28-36,38-42,45,47H,4-15,17,19-27,44H2,1-3H3/q-1/p+1. The number of fused-ring (bicyclic) bond motifs is 2. The predicted octanol–water partition coefficient (Wildman–Crippen LogP) is 5.54. The van der Waals surface area contributed by atoms with Crippen LogP contribution in [0.15, 0.2) is 0 Å².